The van der Waals surface area contributed by atoms with Crippen molar-refractivity contribution in [3.05, 3.63) is 63.6 Å². The van der Waals surface area contributed by atoms with Crippen LogP contribution in [0, 0.1) is 5.41 Å². The highest BCUT2D eigenvalue weighted by Crippen LogP contribution is 2.29. The summed E-state index contributed by atoms with van der Waals surface area (Å²) in [6.07, 6.45) is -1.02. The Bertz CT molecular complexity index is 986. The van der Waals surface area contributed by atoms with Crippen LogP contribution in [0.15, 0.2) is 46.9 Å². The van der Waals surface area contributed by atoms with Gasteiger partial charge in [0.2, 0.25) is 12.8 Å². The van der Waals surface area contributed by atoms with Crippen LogP contribution in [0.25, 0.3) is 0 Å². The number of halogens is 2. The van der Waals surface area contributed by atoms with Crippen molar-refractivity contribution < 1.29 is 23.8 Å². The molecule has 164 valence electrons. The number of likely N-dealkylation sites (tertiary alicyclic amines) is 1. The highest BCUT2D eigenvalue weighted by Gasteiger charge is 2.40. The van der Waals surface area contributed by atoms with Crippen LogP contribution in [0.3, 0.4) is 0 Å². The Morgan fingerprint density at radius 1 is 1.32 bits per heavy atom. The summed E-state index contributed by atoms with van der Waals surface area (Å²) in [7, 11) is 0. The largest absolute Gasteiger partial charge is 0.463 e. The zero-order valence-electron chi connectivity index (χ0n) is 16.5. The number of ether oxygens (including phenoxy) is 1. The first-order valence-corrected chi connectivity index (χ1v) is 10.3. The van der Waals surface area contributed by atoms with Gasteiger partial charge in [-0.2, -0.15) is 0 Å². The van der Waals surface area contributed by atoms with Crippen molar-refractivity contribution in [3.8, 4) is 5.75 Å². The van der Waals surface area contributed by atoms with E-state index in [2.05, 4.69) is 21.2 Å². The zero-order valence-corrected chi connectivity index (χ0v) is 18.1. The second-order valence-electron chi connectivity index (χ2n) is 7.04. The quantitative estimate of drug-likeness (QED) is 0.330. The lowest BCUT2D eigenvalue weighted by atomic mass is 9.98. The van der Waals surface area contributed by atoms with Gasteiger partial charge in [0.05, 0.1) is 0 Å². The smallest absolute Gasteiger partial charge is 0.256 e. The van der Waals surface area contributed by atoms with E-state index in [0.717, 1.165) is 5.56 Å². The van der Waals surface area contributed by atoms with Crippen LogP contribution in [-0.2, 0) is 16.1 Å². The Labute approximate surface area is 186 Å². The molecule has 0 aliphatic carbocycles. The Balaban J connectivity index is 1.60. The average Bonchev–Trinajstić information content (AvgIpc) is 2.71. The molecule has 2 aromatic carbocycles. The predicted octanol–water partition coefficient (Wildman–Crippen LogP) is 1.99. The number of alkyl halides is 1. The van der Waals surface area contributed by atoms with E-state index >= 15 is 0 Å². The molecule has 2 unspecified atom stereocenters. The van der Waals surface area contributed by atoms with Crippen LogP contribution >= 0.6 is 15.9 Å². The Hall–Kier alpha value is -2.98. The van der Waals surface area contributed by atoms with Crippen LogP contribution < -0.4 is 15.8 Å². The summed E-state index contributed by atoms with van der Waals surface area (Å²) in [4.78, 5) is 26.6. The van der Waals surface area contributed by atoms with Crippen LogP contribution in [0.5, 0.6) is 5.75 Å². The van der Waals surface area contributed by atoms with E-state index in [9.17, 15) is 19.1 Å². The van der Waals surface area contributed by atoms with E-state index in [1.807, 2.05) is 0 Å². The molecule has 10 heteroatoms. The molecule has 1 saturated heterocycles. The number of nitrogens with zero attached hydrogens (tertiary/aromatic N) is 1. The first-order valence-electron chi connectivity index (χ1n) is 9.49. The zero-order chi connectivity index (χ0) is 22.5. The topological polar surface area (TPSA) is 129 Å². The number of nitrogen functional groups attached to an aromatic ring is 1. The lowest BCUT2D eigenvalue weighted by Crippen LogP contribution is -2.59. The maximum atomic E-state index is 12.7. The fourth-order valence-corrected chi connectivity index (χ4v) is 3.71. The second-order valence-corrected chi connectivity index (χ2v) is 7.96. The number of carbonyl (C=O) groups is 2. The van der Waals surface area contributed by atoms with Gasteiger partial charge < -0.3 is 25.8 Å². The Morgan fingerprint density at radius 3 is 2.61 bits per heavy atom. The van der Waals surface area contributed by atoms with Crippen molar-refractivity contribution in [2.75, 3.05) is 13.4 Å². The fourth-order valence-electron chi connectivity index (χ4n) is 3.22. The molecule has 2 atom stereocenters. The molecule has 0 saturated carbocycles. The number of hydrogen-bond donors (Lipinski definition) is 4. The summed E-state index contributed by atoms with van der Waals surface area (Å²) >= 11 is 3.24. The molecular formula is C21H22BrFN4O4. The van der Waals surface area contributed by atoms with Crippen molar-refractivity contribution in [2.24, 2.45) is 5.73 Å². The van der Waals surface area contributed by atoms with E-state index in [1.165, 1.54) is 23.1 Å². The highest BCUT2D eigenvalue weighted by atomic mass is 79.9. The molecule has 0 bridgehead atoms. The maximum Gasteiger partial charge on any atom is 0.256 e. The van der Waals surface area contributed by atoms with Crippen molar-refractivity contribution in [2.45, 2.75) is 25.1 Å². The third kappa shape index (κ3) is 5.39. The molecule has 3 rings (SSSR count). The lowest BCUT2D eigenvalue weighted by molar-refractivity contribution is -0.154. The molecule has 1 aliphatic heterocycles. The first kappa shape index (κ1) is 22.7. The molecule has 2 amide bonds. The number of carbonyl (C=O) groups excluding carboxylic acids is 2. The molecule has 1 heterocycles. The molecule has 0 aromatic heterocycles. The van der Waals surface area contributed by atoms with Gasteiger partial charge >= 0.3 is 0 Å². The van der Waals surface area contributed by atoms with Gasteiger partial charge in [0, 0.05) is 23.1 Å². The van der Waals surface area contributed by atoms with Crippen LogP contribution in [0.1, 0.15) is 29.2 Å². The van der Waals surface area contributed by atoms with Gasteiger partial charge in [0.25, 0.3) is 5.91 Å². The van der Waals surface area contributed by atoms with Gasteiger partial charge in [-0.25, -0.2) is 4.39 Å². The molecule has 31 heavy (non-hydrogen) atoms. The summed E-state index contributed by atoms with van der Waals surface area (Å²) in [5.74, 6) is -0.793. The third-order valence-electron chi connectivity index (χ3n) is 5.00. The average molecular weight is 493 g/mol. The minimum Gasteiger partial charge on any atom is -0.463 e. The SMILES string of the molecule is N=C(N)c1ccc(CNC(=O)C2CCN2C(=O)C(O)c2cc(Br)cc(OCF)c2)cc1. The van der Waals surface area contributed by atoms with E-state index in [0.29, 0.717) is 23.0 Å². The van der Waals surface area contributed by atoms with Gasteiger partial charge in [-0.1, -0.05) is 40.2 Å². The van der Waals surface area contributed by atoms with Gasteiger partial charge in [-0.3, -0.25) is 15.0 Å². The molecule has 1 fully saturated rings. The number of nitrogens with two attached hydrogens (primary N) is 1. The number of hydrogen-bond acceptors (Lipinski definition) is 5. The van der Waals surface area contributed by atoms with Crippen LogP contribution in [0.4, 0.5) is 4.39 Å². The Morgan fingerprint density at radius 2 is 2.03 bits per heavy atom. The maximum absolute atomic E-state index is 12.7. The number of nitrogens with one attached hydrogen (secondary N) is 2. The van der Waals surface area contributed by atoms with E-state index in [-0.39, 0.29) is 29.6 Å². The van der Waals surface area contributed by atoms with Crippen molar-refractivity contribution in [1.29, 1.82) is 5.41 Å². The first-order chi connectivity index (χ1) is 14.8. The van der Waals surface area contributed by atoms with E-state index in [4.69, 9.17) is 15.9 Å². The van der Waals surface area contributed by atoms with Gasteiger partial charge in [0.15, 0.2) is 6.10 Å². The summed E-state index contributed by atoms with van der Waals surface area (Å²) < 4.78 is 17.8. The number of rotatable bonds is 8. The van der Waals surface area contributed by atoms with Gasteiger partial charge in [-0.05, 0) is 35.7 Å². The predicted molar refractivity (Wildman–Crippen MR) is 115 cm³/mol. The van der Waals surface area contributed by atoms with Gasteiger partial charge in [0.1, 0.15) is 17.6 Å². The van der Waals surface area contributed by atoms with Crippen molar-refractivity contribution in [1.82, 2.24) is 10.2 Å². The summed E-state index contributed by atoms with van der Waals surface area (Å²) in [5, 5.41) is 20.7. The fraction of sp³-hybridized carbons (Fsp3) is 0.286. The number of aliphatic hydroxyl groups is 1. The number of benzene rings is 2. The molecule has 1 aliphatic rings. The highest BCUT2D eigenvalue weighted by molar-refractivity contribution is 9.10. The summed E-state index contributed by atoms with van der Waals surface area (Å²) in [5.41, 5.74) is 7.07. The molecule has 0 spiro atoms. The van der Waals surface area contributed by atoms with Gasteiger partial charge in [-0.15, -0.1) is 0 Å². The van der Waals surface area contributed by atoms with Crippen LogP contribution in [0.2, 0.25) is 0 Å². The second kappa shape index (κ2) is 9.88. The van der Waals surface area contributed by atoms with E-state index < -0.39 is 24.9 Å². The molecule has 8 nitrogen and oxygen atoms in total. The summed E-state index contributed by atoms with van der Waals surface area (Å²) in [6.45, 7) is -0.428. The standard InChI is InChI=1S/C21H22BrFN4O4/c22-15-7-14(8-16(9-15)31-11-23)18(28)21(30)27-6-5-17(27)20(29)26-10-12-1-3-13(4-2-12)19(24)25/h1-4,7-9,17-18,28H,5-6,10-11H2,(H3,24,25)(H,26,29). The number of amidine groups is 1. The lowest BCUT2D eigenvalue weighted by Gasteiger charge is -2.40. The number of amides is 2. The van der Waals surface area contributed by atoms with Crippen molar-refractivity contribution in [3.63, 3.8) is 0 Å². The third-order valence-corrected chi connectivity index (χ3v) is 5.46. The molecule has 5 N–H and O–H groups in total. The molecule has 0 radical (unpaired) electrons. The summed E-state index contributed by atoms with van der Waals surface area (Å²) in [6, 6.07) is 10.7. The minimum absolute atomic E-state index is 0.0356. The monoisotopic (exact) mass is 492 g/mol. The minimum atomic E-state index is -1.51. The normalized spacial score (nSPS) is 16.2. The Kier molecular flexibility index (Phi) is 7.24. The molecule has 2 aromatic rings. The van der Waals surface area contributed by atoms with E-state index in [1.54, 1.807) is 24.3 Å². The van der Waals surface area contributed by atoms with Crippen LogP contribution in [-0.4, -0.2) is 47.1 Å². The molecular weight excluding hydrogens is 471 g/mol. The number of aliphatic hydroxyl groups excluding tert-OH is 1. The van der Waals surface area contributed by atoms with Crippen molar-refractivity contribution >= 4 is 33.6 Å².